The average molecular weight is 345 g/mol. The fraction of sp³-hybridized carbons (Fsp3) is 0.600. The van der Waals surface area contributed by atoms with Crippen LogP contribution >= 0.6 is 15.9 Å². The van der Waals surface area contributed by atoms with Gasteiger partial charge in [-0.3, -0.25) is 0 Å². The Hall–Kier alpha value is -0.620. The lowest BCUT2D eigenvalue weighted by Crippen LogP contribution is -2.48. The fourth-order valence-corrected chi connectivity index (χ4v) is 2.81. The summed E-state index contributed by atoms with van der Waals surface area (Å²) in [5.74, 6) is 0. The first-order chi connectivity index (χ1) is 9.13. The molecule has 114 valence electrons. The first-order valence-electron chi connectivity index (χ1n) is 6.68. The Morgan fingerprint density at radius 1 is 1.15 bits per heavy atom. The van der Waals surface area contributed by atoms with Gasteiger partial charge in [0, 0.05) is 16.7 Å². The van der Waals surface area contributed by atoms with Crippen LogP contribution in [-0.4, -0.2) is 29.0 Å². The molecule has 0 fully saturated rings. The SMILES string of the molecule is CC(CO)(CO)NCc1cc(Br)c(C(C)(C)C)cc1N. The van der Waals surface area contributed by atoms with E-state index < -0.39 is 5.54 Å². The van der Waals surface area contributed by atoms with E-state index in [0.717, 1.165) is 15.6 Å². The van der Waals surface area contributed by atoms with Crippen molar-refractivity contribution in [3.63, 3.8) is 0 Å². The van der Waals surface area contributed by atoms with Crippen molar-refractivity contribution in [2.24, 2.45) is 0 Å². The van der Waals surface area contributed by atoms with Crippen LogP contribution in [0, 0.1) is 0 Å². The first-order valence-corrected chi connectivity index (χ1v) is 7.47. The van der Waals surface area contributed by atoms with Gasteiger partial charge in [0.15, 0.2) is 0 Å². The summed E-state index contributed by atoms with van der Waals surface area (Å²) in [7, 11) is 0. The highest BCUT2D eigenvalue weighted by Gasteiger charge is 2.23. The number of hydrogen-bond donors (Lipinski definition) is 4. The number of nitrogen functional groups attached to an aromatic ring is 1. The number of anilines is 1. The van der Waals surface area contributed by atoms with Crippen molar-refractivity contribution in [2.45, 2.75) is 45.2 Å². The summed E-state index contributed by atoms with van der Waals surface area (Å²) in [5, 5.41) is 21.7. The van der Waals surface area contributed by atoms with Crippen molar-refractivity contribution in [3.8, 4) is 0 Å². The van der Waals surface area contributed by atoms with Gasteiger partial charge in [0.05, 0.1) is 18.8 Å². The molecular formula is C15H25BrN2O2. The first kappa shape index (κ1) is 17.4. The second kappa shape index (κ2) is 6.43. The van der Waals surface area contributed by atoms with Gasteiger partial charge in [-0.15, -0.1) is 0 Å². The molecule has 0 saturated heterocycles. The Balaban J connectivity index is 2.97. The molecule has 0 amide bonds. The number of aliphatic hydroxyl groups is 2. The summed E-state index contributed by atoms with van der Waals surface area (Å²) < 4.78 is 1.02. The standard InChI is InChI=1S/C15H25BrN2O2/c1-14(2,3)11-6-13(17)10(5-12(11)16)7-18-15(4,8-19)9-20/h5-6,18-20H,7-9,17H2,1-4H3. The van der Waals surface area contributed by atoms with E-state index in [9.17, 15) is 10.2 Å². The van der Waals surface area contributed by atoms with Crippen LogP contribution in [0.4, 0.5) is 5.69 Å². The third-order valence-electron chi connectivity index (χ3n) is 3.44. The lowest BCUT2D eigenvalue weighted by molar-refractivity contribution is 0.103. The van der Waals surface area contributed by atoms with E-state index in [1.165, 1.54) is 0 Å². The van der Waals surface area contributed by atoms with Gasteiger partial charge in [0.25, 0.3) is 0 Å². The van der Waals surface area contributed by atoms with Gasteiger partial charge in [-0.2, -0.15) is 0 Å². The molecule has 0 aliphatic rings. The Kier molecular flexibility index (Phi) is 5.61. The number of halogens is 1. The molecule has 1 aromatic carbocycles. The van der Waals surface area contributed by atoms with Crippen LogP contribution in [0.25, 0.3) is 0 Å². The molecule has 0 spiro atoms. The highest BCUT2D eigenvalue weighted by atomic mass is 79.9. The number of nitrogens with one attached hydrogen (secondary N) is 1. The molecule has 0 unspecified atom stereocenters. The van der Waals surface area contributed by atoms with E-state index >= 15 is 0 Å². The lowest BCUT2D eigenvalue weighted by atomic mass is 9.86. The number of nitrogens with two attached hydrogens (primary N) is 1. The highest BCUT2D eigenvalue weighted by molar-refractivity contribution is 9.10. The maximum absolute atomic E-state index is 9.27. The highest BCUT2D eigenvalue weighted by Crippen LogP contribution is 2.33. The maximum atomic E-state index is 9.27. The molecule has 1 aromatic rings. The van der Waals surface area contributed by atoms with Crippen LogP contribution in [-0.2, 0) is 12.0 Å². The molecule has 0 saturated carbocycles. The second-order valence-electron chi connectivity index (χ2n) is 6.51. The topological polar surface area (TPSA) is 78.5 Å². The summed E-state index contributed by atoms with van der Waals surface area (Å²) in [6.07, 6.45) is 0. The minimum Gasteiger partial charge on any atom is -0.398 e. The molecule has 0 aromatic heterocycles. The molecule has 0 heterocycles. The zero-order valence-corrected chi connectivity index (χ0v) is 14.2. The molecule has 1 rings (SSSR count). The Bertz CT molecular complexity index is 466. The quantitative estimate of drug-likeness (QED) is 0.617. The smallest absolute Gasteiger partial charge is 0.0633 e. The average Bonchev–Trinajstić information content (AvgIpc) is 2.37. The Labute approximate surface area is 129 Å². The number of benzene rings is 1. The minimum absolute atomic E-state index is 0.0175. The largest absolute Gasteiger partial charge is 0.398 e. The van der Waals surface area contributed by atoms with Crippen LogP contribution in [0.3, 0.4) is 0 Å². The van der Waals surface area contributed by atoms with Crippen molar-refractivity contribution in [1.29, 1.82) is 0 Å². The molecule has 0 bridgehead atoms. The van der Waals surface area contributed by atoms with Crippen LogP contribution in [0.1, 0.15) is 38.8 Å². The molecule has 4 nitrogen and oxygen atoms in total. The lowest BCUT2D eigenvalue weighted by Gasteiger charge is -2.27. The summed E-state index contributed by atoms with van der Waals surface area (Å²) in [5.41, 5.74) is 8.24. The molecular weight excluding hydrogens is 320 g/mol. The fourth-order valence-electron chi connectivity index (χ4n) is 1.83. The third-order valence-corrected chi connectivity index (χ3v) is 4.10. The summed E-state index contributed by atoms with van der Waals surface area (Å²) in [4.78, 5) is 0. The summed E-state index contributed by atoms with van der Waals surface area (Å²) in [6, 6.07) is 3.98. The predicted octanol–water partition coefficient (Wildman–Crippen LogP) is 2.16. The van der Waals surface area contributed by atoms with Gasteiger partial charge in [0.1, 0.15) is 0 Å². The van der Waals surface area contributed by atoms with Crippen molar-refractivity contribution in [3.05, 3.63) is 27.7 Å². The molecule has 20 heavy (non-hydrogen) atoms. The van der Waals surface area contributed by atoms with Gasteiger partial charge < -0.3 is 21.3 Å². The minimum atomic E-state index is -0.707. The number of aliphatic hydroxyl groups excluding tert-OH is 2. The van der Waals surface area contributed by atoms with E-state index in [1.54, 1.807) is 6.92 Å². The third kappa shape index (κ3) is 4.19. The monoisotopic (exact) mass is 344 g/mol. The van der Waals surface area contributed by atoms with Crippen LogP contribution in [0.5, 0.6) is 0 Å². The van der Waals surface area contributed by atoms with E-state index in [4.69, 9.17) is 5.73 Å². The van der Waals surface area contributed by atoms with Gasteiger partial charge in [-0.25, -0.2) is 0 Å². The Morgan fingerprint density at radius 2 is 1.70 bits per heavy atom. The molecule has 0 radical (unpaired) electrons. The van der Waals surface area contributed by atoms with E-state index in [2.05, 4.69) is 42.0 Å². The second-order valence-corrected chi connectivity index (χ2v) is 7.37. The molecule has 0 aliphatic carbocycles. The van der Waals surface area contributed by atoms with Gasteiger partial charge >= 0.3 is 0 Å². The summed E-state index contributed by atoms with van der Waals surface area (Å²) >= 11 is 3.59. The molecule has 5 N–H and O–H groups in total. The number of hydrogen-bond acceptors (Lipinski definition) is 4. The Morgan fingerprint density at radius 3 is 2.15 bits per heavy atom. The van der Waals surface area contributed by atoms with Crippen LogP contribution in [0.15, 0.2) is 16.6 Å². The van der Waals surface area contributed by atoms with Crippen molar-refractivity contribution in [1.82, 2.24) is 5.32 Å². The van der Waals surface area contributed by atoms with Gasteiger partial charge in [0.2, 0.25) is 0 Å². The van der Waals surface area contributed by atoms with Crippen molar-refractivity contribution < 1.29 is 10.2 Å². The van der Waals surface area contributed by atoms with E-state index in [1.807, 2.05) is 12.1 Å². The van der Waals surface area contributed by atoms with Crippen LogP contribution in [0.2, 0.25) is 0 Å². The normalized spacial score (nSPS) is 12.8. The van der Waals surface area contributed by atoms with E-state index in [-0.39, 0.29) is 18.6 Å². The molecule has 5 heteroatoms. The van der Waals surface area contributed by atoms with E-state index in [0.29, 0.717) is 12.2 Å². The molecule has 0 atom stereocenters. The van der Waals surface area contributed by atoms with Crippen molar-refractivity contribution >= 4 is 21.6 Å². The maximum Gasteiger partial charge on any atom is 0.0633 e. The zero-order chi connectivity index (χ0) is 15.6. The van der Waals surface area contributed by atoms with Gasteiger partial charge in [-0.05, 0) is 35.6 Å². The molecule has 0 aliphatic heterocycles. The van der Waals surface area contributed by atoms with Crippen molar-refractivity contribution in [2.75, 3.05) is 18.9 Å². The zero-order valence-electron chi connectivity index (χ0n) is 12.6. The number of rotatable bonds is 5. The summed E-state index contributed by atoms with van der Waals surface area (Å²) in [6.45, 7) is 8.40. The van der Waals surface area contributed by atoms with Crippen LogP contribution < -0.4 is 11.1 Å². The predicted molar refractivity (Wildman–Crippen MR) is 86.7 cm³/mol. The van der Waals surface area contributed by atoms with Gasteiger partial charge in [-0.1, -0.05) is 36.7 Å².